The van der Waals surface area contributed by atoms with Crippen molar-refractivity contribution in [2.45, 2.75) is 25.3 Å². The smallest absolute Gasteiger partial charge is 0.315 e. The van der Waals surface area contributed by atoms with E-state index in [4.69, 9.17) is 9.84 Å². The van der Waals surface area contributed by atoms with Crippen LogP contribution in [0.5, 0.6) is 5.75 Å². The van der Waals surface area contributed by atoms with Crippen LogP contribution in [0, 0.1) is 0 Å². The fraction of sp³-hybridized carbons (Fsp3) is 0.333. The number of imidazole rings is 1. The minimum atomic E-state index is -0.307. The third-order valence-corrected chi connectivity index (χ3v) is 4.51. The molecule has 0 radical (unpaired) electrons. The summed E-state index contributed by atoms with van der Waals surface area (Å²) in [6.45, 7) is 0.643. The van der Waals surface area contributed by atoms with Crippen molar-refractivity contribution in [3.63, 3.8) is 0 Å². The SMILES string of the molecule is COc1ccc(CC(NC(=O)NCCCCO)c2nc3ccccc3[nH]2)cc1. The number of aliphatic hydroxyl groups excluding tert-OH is 1. The standard InChI is InChI=1S/C21H26N4O3/c1-28-16-10-8-15(9-11-16)14-19(25-21(27)22-12-4-5-13-26)20-23-17-6-2-3-7-18(17)24-20/h2-3,6-11,19,26H,4-5,12-14H2,1H3,(H,23,24)(H2,22,25,27). The normalized spacial score (nSPS) is 11.9. The van der Waals surface area contributed by atoms with E-state index < -0.39 is 0 Å². The second-order valence-corrected chi connectivity index (χ2v) is 6.57. The molecule has 1 unspecified atom stereocenters. The number of amides is 2. The zero-order valence-electron chi connectivity index (χ0n) is 15.9. The minimum Gasteiger partial charge on any atom is -0.497 e. The number of ether oxygens (including phenoxy) is 1. The fourth-order valence-electron chi connectivity index (χ4n) is 3.00. The number of carbonyl (C=O) groups excluding carboxylic acids is 1. The van der Waals surface area contributed by atoms with E-state index in [0.29, 0.717) is 25.2 Å². The Bertz CT molecular complexity index is 859. The zero-order chi connectivity index (χ0) is 19.8. The van der Waals surface area contributed by atoms with Gasteiger partial charge in [-0.15, -0.1) is 0 Å². The first kappa shape index (κ1) is 19.7. The van der Waals surface area contributed by atoms with Gasteiger partial charge < -0.3 is 25.5 Å². The van der Waals surface area contributed by atoms with Crippen molar-refractivity contribution >= 4 is 17.1 Å². The van der Waals surface area contributed by atoms with Gasteiger partial charge in [-0.1, -0.05) is 24.3 Å². The quantitative estimate of drug-likeness (QED) is 0.428. The van der Waals surface area contributed by atoms with Crippen molar-refractivity contribution in [3.05, 3.63) is 59.9 Å². The van der Waals surface area contributed by atoms with Gasteiger partial charge in [-0.3, -0.25) is 0 Å². The predicted molar refractivity (Wildman–Crippen MR) is 108 cm³/mol. The van der Waals surface area contributed by atoms with Gasteiger partial charge in [0.1, 0.15) is 11.6 Å². The first-order chi connectivity index (χ1) is 13.7. The van der Waals surface area contributed by atoms with Gasteiger partial charge in [0.05, 0.1) is 24.2 Å². The number of rotatable bonds is 9. The number of methoxy groups -OCH3 is 1. The number of aliphatic hydroxyl groups is 1. The number of unbranched alkanes of at least 4 members (excludes halogenated alkanes) is 1. The van der Waals surface area contributed by atoms with E-state index in [9.17, 15) is 4.79 Å². The molecular formula is C21H26N4O3. The number of aromatic nitrogens is 2. The highest BCUT2D eigenvalue weighted by Gasteiger charge is 2.19. The van der Waals surface area contributed by atoms with Crippen molar-refractivity contribution in [2.75, 3.05) is 20.3 Å². The number of aromatic amines is 1. The Labute approximate surface area is 164 Å². The highest BCUT2D eigenvalue weighted by molar-refractivity contribution is 5.76. The molecule has 3 rings (SSSR count). The van der Waals surface area contributed by atoms with Crippen LogP contribution in [0.25, 0.3) is 11.0 Å². The molecule has 0 aliphatic carbocycles. The molecule has 148 valence electrons. The van der Waals surface area contributed by atoms with Crippen molar-refractivity contribution < 1.29 is 14.6 Å². The van der Waals surface area contributed by atoms with Crippen LogP contribution >= 0.6 is 0 Å². The van der Waals surface area contributed by atoms with Crippen LogP contribution in [0.2, 0.25) is 0 Å². The van der Waals surface area contributed by atoms with Crippen LogP contribution in [0.4, 0.5) is 4.79 Å². The van der Waals surface area contributed by atoms with Gasteiger partial charge in [0.2, 0.25) is 0 Å². The Morgan fingerprint density at radius 3 is 2.68 bits per heavy atom. The molecule has 1 atom stereocenters. The largest absolute Gasteiger partial charge is 0.497 e. The number of urea groups is 1. The molecule has 7 nitrogen and oxygen atoms in total. The van der Waals surface area contributed by atoms with Gasteiger partial charge >= 0.3 is 6.03 Å². The molecule has 1 heterocycles. The molecule has 0 spiro atoms. The molecule has 0 aliphatic heterocycles. The summed E-state index contributed by atoms with van der Waals surface area (Å²) in [5.74, 6) is 1.50. The van der Waals surface area contributed by atoms with Gasteiger partial charge in [0.15, 0.2) is 0 Å². The van der Waals surface area contributed by atoms with E-state index in [1.807, 2.05) is 48.5 Å². The van der Waals surface area contributed by atoms with Gasteiger partial charge in [-0.25, -0.2) is 9.78 Å². The van der Waals surface area contributed by atoms with Crippen molar-refractivity contribution in [1.82, 2.24) is 20.6 Å². The van der Waals surface area contributed by atoms with Gasteiger partial charge in [0, 0.05) is 13.2 Å². The Hall–Kier alpha value is -3.06. The maximum atomic E-state index is 12.3. The van der Waals surface area contributed by atoms with Gasteiger partial charge in [0.25, 0.3) is 0 Å². The lowest BCUT2D eigenvalue weighted by Gasteiger charge is -2.18. The molecule has 0 aliphatic rings. The van der Waals surface area contributed by atoms with Crippen molar-refractivity contribution in [3.8, 4) is 5.75 Å². The van der Waals surface area contributed by atoms with Gasteiger partial charge in [-0.05, 0) is 49.1 Å². The Balaban J connectivity index is 1.75. The summed E-state index contributed by atoms with van der Waals surface area (Å²) < 4.78 is 5.21. The molecule has 1 aromatic heterocycles. The molecule has 0 bridgehead atoms. The van der Waals surface area contributed by atoms with Crippen molar-refractivity contribution in [1.29, 1.82) is 0 Å². The summed E-state index contributed by atoms with van der Waals surface area (Å²) in [4.78, 5) is 20.3. The van der Waals surface area contributed by atoms with E-state index >= 15 is 0 Å². The predicted octanol–water partition coefficient (Wildman–Crippen LogP) is 2.93. The fourth-order valence-corrected chi connectivity index (χ4v) is 3.00. The lowest BCUT2D eigenvalue weighted by Crippen LogP contribution is -2.39. The van der Waals surface area contributed by atoms with Crippen LogP contribution in [0.15, 0.2) is 48.5 Å². The second-order valence-electron chi connectivity index (χ2n) is 6.57. The number of fused-ring (bicyclic) bond motifs is 1. The molecule has 0 saturated carbocycles. The summed E-state index contributed by atoms with van der Waals surface area (Å²) in [6.07, 6.45) is 1.99. The van der Waals surface area contributed by atoms with Crippen molar-refractivity contribution in [2.24, 2.45) is 0 Å². The monoisotopic (exact) mass is 382 g/mol. The molecule has 4 N–H and O–H groups in total. The summed E-state index contributed by atoms with van der Waals surface area (Å²) in [6, 6.07) is 15.0. The van der Waals surface area contributed by atoms with E-state index in [-0.39, 0.29) is 18.7 Å². The first-order valence-electron chi connectivity index (χ1n) is 9.42. The molecule has 2 amide bonds. The molecule has 7 heteroatoms. The number of carbonyl (C=O) groups is 1. The van der Waals surface area contributed by atoms with Crippen LogP contribution in [-0.2, 0) is 6.42 Å². The zero-order valence-corrected chi connectivity index (χ0v) is 15.9. The Morgan fingerprint density at radius 2 is 1.96 bits per heavy atom. The highest BCUT2D eigenvalue weighted by atomic mass is 16.5. The molecule has 0 fully saturated rings. The summed E-state index contributed by atoms with van der Waals surface area (Å²) in [5, 5.41) is 14.7. The van der Waals surface area contributed by atoms with Crippen LogP contribution < -0.4 is 15.4 Å². The number of nitrogens with zero attached hydrogens (tertiary/aromatic N) is 1. The number of hydrogen-bond donors (Lipinski definition) is 4. The molecule has 0 saturated heterocycles. The number of para-hydroxylation sites is 2. The topological polar surface area (TPSA) is 99.3 Å². The average molecular weight is 382 g/mol. The maximum Gasteiger partial charge on any atom is 0.315 e. The number of hydrogen-bond acceptors (Lipinski definition) is 4. The third kappa shape index (κ3) is 5.23. The number of benzene rings is 2. The molecule has 2 aromatic carbocycles. The highest BCUT2D eigenvalue weighted by Crippen LogP contribution is 2.21. The Morgan fingerprint density at radius 1 is 1.18 bits per heavy atom. The van der Waals surface area contributed by atoms with Crippen LogP contribution in [-0.4, -0.2) is 41.4 Å². The number of H-pyrrole nitrogens is 1. The van der Waals surface area contributed by atoms with Crippen LogP contribution in [0.3, 0.4) is 0 Å². The lowest BCUT2D eigenvalue weighted by molar-refractivity contribution is 0.235. The minimum absolute atomic E-state index is 0.127. The molecule has 28 heavy (non-hydrogen) atoms. The summed E-state index contributed by atoms with van der Waals surface area (Å²) in [5.41, 5.74) is 2.86. The molecular weight excluding hydrogens is 356 g/mol. The first-order valence-corrected chi connectivity index (χ1v) is 9.42. The van der Waals surface area contributed by atoms with Gasteiger partial charge in [-0.2, -0.15) is 0 Å². The Kier molecular flexibility index (Phi) is 6.86. The van der Waals surface area contributed by atoms with E-state index in [1.165, 1.54) is 0 Å². The van der Waals surface area contributed by atoms with E-state index in [1.54, 1.807) is 7.11 Å². The summed E-state index contributed by atoms with van der Waals surface area (Å²) in [7, 11) is 1.63. The second kappa shape index (κ2) is 9.75. The lowest BCUT2D eigenvalue weighted by atomic mass is 10.1. The molecule has 3 aromatic rings. The average Bonchev–Trinajstić information content (AvgIpc) is 3.15. The van der Waals surface area contributed by atoms with Crippen LogP contribution in [0.1, 0.15) is 30.3 Å². The van der Waals surface area contributed by atoms with E-state index in [2.05, 4.69) is 20.6 Å². The maximum absolute atomic E-state index is 12.3. The third-order valence-electron chi connectivity index (χ3n) is 4.51. The number of nitrogens with one attached hydrogen (secondary N) is 3. The summed E-state index contributed by atoms with van der Waals surface area (Å²) >= 11 is 0. The van der Waals surface area contributed by atoms with E-state index in [0.717, 1.165) is 28.8 Å².